The highest BCUT2D eigenvalue weighted by molar-refractivity contribution is 7.99. The predicted molar refractivity (Wildman–Crippen MR) is 61.7 cm³/mol. The molecule has 1 fully saturated rings. The topological polar surface area (TPSA) is 41.6 Å². The van der Waals surface area contributed by atoms with Gasteiger partial charge in [0.25, 0.3) is 0 Å². The molecule has 1 amide bonds. The summed E-state index contributed by atoms with van der Waals surface area (Å²) in [4.78, 5) is 13.0. The lowest BCUT2D eigenvalue weighted by molar-refractivity contribution is 0.157. The lowest BCUT2D eigenvalue weighted by atomic mass is 10.5. The number of thiocarbonyl (C=S) groups is 1. The van der Waals surface area contributed by atoms with E-state index in [2.05, 4.69) is 5.32 Å². The third-order valence-corrected chi connectivity index (χ3v) is 3.09. The van der Waals surface area contributed by atoms with Crippen LogP contribution in [0.1, 0.15) is 6.92 Å². The molecule has 1 aliphatic rings. The molecule has 1 saturated heterocycles. The lowest BCUT2D eigenvalue weighted by Gasteiger charge is -2.28. The Kier molecular flexibility index (Phi) is 5.03. The Balaban J connectivity index is 2.29. The Morgan fingerprint density at radius 2 is 2.21 bits per heavy atom. The maximum atomic E-state index is 11.0. The number of amides is 1. The van der Waals surface area contributed by atoms with Gasteiger partial charge in [0.15, 0.2) is 5.11 Å². The normalized spacial score (nSPS) is 16.2. The molecule has 1 N–H and O–H groups in total. The van der Waals surface area contributed by atoms with Gasteiger partial charge < -0.3 is 9.64 Å². The number of alkyl carbamates (subject to hydrolysis) is 1. The highest BCUT2D eigenvalue weighted by atomic mass is 32.2. The van der Waals surface area contributed by atoms with Gasteiger partial charge in [-0.1, -0.05) is 0 Å². The van der Waals surface area contributed by atoms with Crippen molar-refractivity contribution < 1.29 is 9.53 Å². The minimum Gasteiger partial charge on any atom is -0.450 e. The molecule has 4 nitrogen and oxygen atoms in total. The van der Waals surface area contributed by atoms with Crippen LogP contribution in [0.2, 0.25) is 0 Å². The van der Waals surface area contributed by atoms with Crippen LogP contribution in [0.3, 0.4) is 0 Å². The third kappa shape index (κ3) is 3.71. The summed E-state index contributed by atoms with van der Waals surface area (Å²) in [5.41, 5.74) is 0. The molecule has 1 heterocycles. The minimum atomic E-state index is -0.462. The van der Waals surface area contributed by atoms with E-state index >= 15 is 0 Å². The van der Waals surface area contributed by atoms with E-state index in [0.29, 0.717) is 11.7 Å². The van der Waals surface area contributed by atoms with Gasteiger partial charge in [0.1, 0.15) is 0 Å². The molecule has 0 aromatic carbocycles. The first-order chi connectivity index (χ1) is 6.74. The summed E-state index contributed by atoms with van der Waals surface area (Å²) in [5, 5.41) is 3.01. The summed E-state index contributed by atoms with van der Waals surface area (Å²) in [5.74, 6) is 2.12. The van der Waals surface area contributed by atoms with Gasteiger partial charge in [-0.3, -0.25) is 5.32 Å². The van der Waals surface area contributed by atoms with Crippen molar-refractivity contribution in [2.45, 2.75) is 6.92 Å². The molecular weight excluding hydrogens is 220 g/mol. The molecule has 80 valence electrons. The number of carbonyl (C=O) groups is 1. The SMILES string of the molecule is CCOC(=O)NC(=S)N1CCSCC1. The molecule has 6 heteroatoms. The van der Waals surface area contributed by atoms with Gasteiger partial charge in [0.05, 0.1) is 6.61 Å². The quantitative estimate of drug-likeness (QED) is 0.687. The van der Waals surface area contributed by atoms with Gasteiger partial charge in [0.2, 0.25) is 0 Å². The van der Waals surface area contributed by atoms with Crippen LogP contribution in [0.15, 0.2) is 0 Å². The molecule has 0 aliphatic carbocycles. The maximum absolute atomic E-state index is 11.0. The van der Waals surface area contributed by atoms with Gasteiger partial charge in [0, 0.05) is 24.6 Å². The summed E-state index contributed by atoms with van der Waals surface area (Å²) in [6, 6.07) is 0. The zero-order valence-electron chi connectivity index (χ0n) is 8.12. The van der Waals surface area contributed by atoms with E-state index in [1.54, 1.807) is 6.92 Å². The number of rotatable bonds is 1. The van der Waals surface area contributed by atoms with Crippen LogP contribution in [0.4, 0.5) is 4.79 Å². The molecule has 0 spiro atoms. The number of nitrogens with zero attached hydrogens (tertiary/aromatic N) is 1. The summed E-state index contributed by atoms with van der Waals surface area (Å²) < 4.78 is 4.73. The van der Waals surface area contributed by atoms with E-state index < -0.39 is 6.09 Å². The molecule has 14 heavy (non-hydrogen) atoms. The molecule has 1 rings (SSSR count). The number of thioether (sulfide) groups is 1. The van der Waals surface area contributed by atoms with Crippen molar-refractivity contribution in [3.63, 3.8) is 0 Å². The van der Waals surface area contributed by atoms with Crippen LogP contribution in [0, 0.1) is 0 Å². The van der Waals surface area contributed by atoms with E-state index in [1.807, 2.05) is 16.7 Å². The van der Waals surface area contributed by atoms with E-state index in [-0.39, 0.29) is 0 Å². The van der Waals surface area contributed by atoms with E-state index in [9.17, 15) is 4.79 Å². The fourth-order valence-corrected chi connectivity index (χ4v) is 2.27. The van der Waals surface area contributed by atoms with Crippen LogP contribution >= 0.6 is 24.0 Å². The van der Waals surface area contributed by atoms with Crippen molar-refractivity contribution in [2.75, 3.05) is 31.2 Å². The van der Waals surface area contributed by atoms with Crippen LogP contribution in [0.25, 0.3) is 0 Å². The first-order valence-electron chi connectivity index (χ1n) is 4.54. The molecule has 0 aromatic heterocycles. The highest BCUT2D eigenvalue weighted by Gasteiger charge is 2.15. The smallest absolute Gasteiger partial charge is 0.413 e. The molecule has 0 aromatic rings. The standard InChI is InChI=1S/C8H14N2O2S2/c1-2-12-8(11)9-7(13)10-3-5-14-6-4-10/h2-6H2,1H3,(H,9,11,13). The summed E-state index contributed by atoms with van der Waals surface area (Å²) in [6.45, 7) is 3.93. The summed E-state index contributed by atoms with van der Waals surface area (Å²) in [7, 11) is 0. The number of nitrogens with one attached hydrogen (secondary N) is 1. The van der Waals surface area contributed by atoms with Gasteiger partial charge >= 0.3 is 6.09 Å². The molecule has 0 radical (unpaired) electrons. The van der Waals surface area contributed by atoms with E-state index in [4.69, 9.17) is 17.0 Å². The van der Waals surface area contributed by atoms with Crippen LogP contribution in [0.5, 0.6) is 0 Å². The minimum absolute atomic E-state index is 0.365. The van der Waals surface area contributed by atoms with Gasteiger partial charge in [-0.05, 0) is 19.1 Å². The second kappa shape index (κ2) is 6.08. The first-order valence-corrected chi connectivity index (χ1v) is 6.10. The van der Waals surface area contributed by atoms with Gasteiger partial charge in [-0.2, -0.15) is 11.8 Å². The van der Waals surface area contributed by atoms with E-state index in [1.165, 1.54) is 0 Å². The molecule has 0 atom stereocenters. The average Bonchev–Trinajstić information content (AvgIpc) is 2.19. The van der Waals surface area contributed by atoms with Crippen molar-refractivity contribution in [2.24, 2.45) is 0 Å². The van der Waals surface area contributed by atoms with Crippen molar-refractivity contribution in [3.8, 4) is 0 Å². The van der Waals surface area contributed by atoms with E-state index in [0.717, 1.165) is 24.6 Å². The van der Waals surface area contributed by atoms with Crippen LogP contribution in [-0.2, 0) is 4.74 Å². The highest BCUT2D eigenvalue weighted by Crippen LogP contribution is 2.08. The van der Waals surface area contributed by atoms with Crippen molar-refractivity contribution in [3.05, 3.63) is 0 Å². The Labute approximate surface area is 93.4 Å². The summed E-state index contributed by atoms with van der Waals surface area (Å²) >= 11 is 6.97. The van der Waals surface area contributed by atoms with Crippen LogP contribution < -0.4 is 5.32 Å². The number of ether oxygens (including phenoxy) is 1. The predicted octanol–water partition coefficient (Wildman–Crippen LogP) is 1.07. The van der Waals surface area contributed by atoms with Crippen LogP contribution in [-0.4, -0.2) is 47.3 Å². The zero-order chi connectivity index (χ0) is 10.4. The fraction of sp³-hybridized carbons (Fsp3) is 0.750. The first kappa shape index (κ1) is 11.6. The number of carbonyl (C=O) groups excluding carboxylic acids is 1. The Morgan fingerprint density at radius 3 is 2.79 bits per heavy atom. The molecule has 1 aliphatic heterocycles. The molecule has 0 saturated carbocycles. The fourth-order valence-electron chi connectivity index (χ4n) is 1.10. The molecule has 0 bridgehead atoms. The second-order valence-corrected chi connectivity index (χ2v) is 4.36. The monoisotopic (exact) mass is 234 g/mol. The Morgan fingerprint density at radius 1 is 1.57 bits per heavy atom. The molecular formula is C8H14N2O2S2. The van der Waals surface area contributed by atoms with Gasteiger partial charge in [-0.25, -0.2) is 4.79 Å². The van der Waals surface area contributed by atoms with Crippen molar-refractivity contribution >= 4 is 35.2 Å². The zero-order valence-corrected chi connectivity index (χ0v) is 9.75. The third-order valence-electron chi connectivity index (χ3n) is 1.78. The Hall–Kier alpha value is -0.490. The lowest BCUT2D eigenvalue weighted by Crippen LogP contribution is -2.46. The second-order valence-electron chi connectivity index (χ2n) is 2.75. The van der Waals surface area contributed by atoms with Crippen molar-refractivity contribution in [1.82, 2.24) is 10.2 Å². The maximum Gasteiger partial charge on any atom is 0.413 e. The summed E-state index contributed by atoms with van der Waals surface area (Å²) in [6.07, 6.45) is -0.462. The largest absolute Gasteiger partial charge is 0.450 e. The number of hydrogen-bond donors (Lipinski definition) is 1. The number of hydrogen-bond acceptors (Lipinski definition) is 4. The molecule has 0 unspecified atom stereocenters. The average molecular weight is 234 g/mol. The van der Waals surface area contributed by atoms with Gasteiger partial charge in [-0.15, -0.1) is 0 Å². The van der Waals surface area contributed by atoms with Crippen molar-refractivity contribution in [1.29, 1.82) is 0 Å². The Bertz CT molecular complexity index is 217.